The summed E-state index contributed by atoms with van der Waals surface area (Å²) in [6.45, 7) is 4.59. The first-order valence-corrected chi connectivity index (χ1v) is 9.09. The molecule has 0 saturated carbocycles. The Morgan fingerprint density at radius 3 is 2.56 bits per heavy atom. The lowest BCUT2D eigenvalue weighted by Crippen LogP contribution is -2.24. The first kappa shape index (κ1) is 18.8. The van der Waals surface area contributed by atoms with Crippen molar-refractivity contribution in [2.75, 3.05) is 0 Å². The number of hydrogen-bond acceptors (Lipinski definition) is 2. The zero-order valence-corrected chi connectivity index (χ0v) is 15.5. The predicted octanol–water partition coefficient (Wildman–Crippen LogP) is 4.04. The number of carbonyl (C=O) groups is 1. The lowest BCUT2D eigenvalue weighted by molar-refractivity contribution is -0.121. The minimum atomic E-state index is -0.304. The maximum absolute atomic E-state index is 12.9. The molecule has 0 atom stereocenters. The summed E-state index contributed by atoms with van der Waals surface area (Å²) in [7, 11) is 0. The third-order valence-corrected chi connectivity index (χ3v) is 4.64. The van der Waals surface area contributed by atoms with Crippen molar-refractivity contribution < 1.29 is 9.18 Å². The summed E-state index contributed by atoms with van der Waals surface area (Å²) in [5.74, 6) is -0.0435. The molecule has 0 aliphatic rings. The Bertz CT molecular complexity index is 1010. The van der Waals surface area contributed by atoms with E-state index in [0.29, 0.717) is 24.4 Å². The number of aryl methyl sites for hydroxylation is 1. The molecule has 1 heterocycles. The fraction of sp³-hybridized carbons (Fsp3) is 0.273. The molecule has 0 bridgehead atoms. The van der Waals surface area contributed by atoms with E-state index in [1.807, 2.05) is 18.2 Å². The van der Waals surface area contributed by atoms with Crippen LogP contribution in [0.4, 0.5) is 4.39 Å². The number of rotatable bonds is 6. The molecule has 27 heavy (non-hydrogen) atoms. The highest BCUT2D eigenvalue weighted by Gasteiger charge is 2.08. The summed E-state index contributed by atoms with van der Waals surface area (Å²) in [6.07, 6.45) is 0.589. The van der Waals surface area contributed by atoms with Crippen LogP contribution >= 0.6 is 0 Å². The molecule has 1 amide bonds. The molecule has 0 aliphatic heterocycles. The van der Waals surface area contributed by atoms with Gasteiger partial charge in [0.1, 0.15) is 5.82 Å². The standard InChI is InChI=1S/C22H23FN2O2/c1-14(2)16-5-9-20-18(11-16)12-17(22(27)25-20)6-10-21(26)24-13-15-3-7-19(23)8-4-15/h3-5,7-9,11-12,14H,6,10,13H2,1-2H3,(H,24,26)(H,25,27). The van der Waals surface area contributed by atoms with Crippen molar-refractivity contribution in [3.05, 3.63) is 81.4 Å². The molecule has 2 N–H and O–H groups in total. The zero-order chi connectivity index (χ0) is 19.4. The van der Waals surface area contributed by atoms with Gasteiger partial charge in [0.25, 0.3) is 5.56 Å². The molecule has 0 fully saturated rings. The van der Waals surface area contributed by atoms with Crippen LogP contribution in [0.2, 0.25) is 0 Å². The number of H-pyrrole nitrogens is 1. The molecule has 2 aromatic carbocycles. The van der Waals surface area contributed by atoms with Gasteiger partial charge in [-0.2, -0.15) is 0 Å². The van der Waals surface area contributed by atoms with Gasteiger partial charge in [0.05, 0.1) is 0 Å². The van der Waals surface area contributed by atoms with Crippen molar-refractivity contribution in [3.63, 3.8) is 0 Å². The van der Waals surface area contributed by atoms with Crippen LogP contribution in [0.5, 0.6) is 0 Å². The fourth-order valence-electron chi connectivity index (χ4n) is 2.95. The number of hydrogen-bond donors (Lipinski definition) is 2. The molecule has 0 radical (unpaired) electrons. The van der Waals surface area contributed by atoms with E-state index in [4.69, 9.17) is 0 Å². The topological polar surface area (TPSA) is 62.0 Å². The van der Waals surface area contributed by atoms with E-state index in [9.17, 15) is 14.0 Å². The quantitative estimate of drug-likeness (QED) is 0.692. The molecule has 3 aromatic rings. The van der Waals surface area contributed by atoms with Crippen molar-refractivity contribution >= 4 is 16.8 Å². The van der Waals surface area contributed by atoms with Crippen molar-refractivity contribution in [1.82, 2.24) is 10.3 Å². The SMILES string of the molecule is CC(C)c1ccc2[nH]c(=O)c(CCC(=O)NCc3ccc(F)cc3)cc2c1. The van der Waals surface area contributed by atoms with Gasteiger partial charge < -0.3 is 10.3 Å². The van der Waals surface area contributed by atoms with Crippen molar-refractivity contribution in [2.45, 2.75) is 39.2 Å². The summed E-state index contributed by atoms with van der Waals surface area (Å²) in [6, 6.07) is 13.9. The number of pyridine rings is 1. The number of aromatic nitrogens is 1. The smallest absolute Gasteiger partial charge is 0.251 e. The number of benzene rings is 2. The first-order chi connectivity index (χ1) is 12.9. The highest BCUT2D eigenvalue weighted by molar-refractivity contribution is 5.80. The third-order valence-electron chi connectivity index (χ3n) is 4.64. The second-order valence-corrected chi connectivity index (χ2v) is 7.03. The number of amides is 1. The Morgan fingerprint density at radius 1 is 1.11 bits per heavy atom. The summed E-state index contributed by atoms with van der Waals surface area (Å²) < 4.78 is 12.9. The molecule has 0 unspecified atom stereocenters. The van der Waals surface area contributed by atoms with E-state index in [2.05, 4.69) is 30.2 Å². The number of aromatic amines is 1. The van der Waals surface area contributed by atoms with Gasteiger partial charge in [-0.05, 0) is 59.2 Å². The van der Waals surface area contributed by atoms with Gasteiger partial charge in [0.2, 0.25) is 5.91 Å². The van der Waals surface area contributed by atoms with Crippen LogP contribution in [0.1, 0.15) is 42.9 Å². The molecular formula is C22H23FN2O2. The highest BCUT2D eigenvalue weighted by atomic mass is 19.1. The minimum Gasteiger partial charge on any atom is -0.352 e. The number of halogens is 1. The molecule has 3 rings (SSSR count). The Morgan fingerprint density at radius 2 is 1.85 bits per heavy atom. The van der Waals surface area contributed by atoms with Crippen LogP contribution in [-0.2, 0) is 17.8 Å². The molecule has 4 nitrogen and oxygen atoms in total. The van der Waals surface area contributed by atoms with Crippen LogP contribution in [0.25, 0.3) is 10.9 Å². The molecule has 0 spiro atoms. The van der Waals surface area contributed by atoms with Gasteiger partial charge in [-0.25, -0.2) is 4.39 Å². The second-order valence-electron chi connectivity index (χ2n) is 7.03. The lowest BCUT2D eigenvalue weighted by atomic mass is 10.00. The summed E-state index contributed by atoms with van der Waals surface area (Å²) in [4.78, 5) is 27.2. The Kier molecular flexibility index (Phi) is 5.69. The van der Waals surface area contributed by atoms with E-state index in [0.717, 1.165) is 16.5 Å². The van der Waals surface area contributed by atoms with Gasteiger partial charge >= 0.3 is 0 Å². The third kappa shape index (κ3) is 4.82. The predicted molar refractivity (Wildman–Crippen MR) is 105 cm³/mol. The fourth-order valence-corrected chi connectivity index (χ4v) is 2.95. The lowest BCUT2D eigenvalue weighted by Gasteiger charge is -2.09. The van der Waals surface area contributed by atoms with E-state index in [-0.39, 0.29) is 23.7 Å². The van der Waals surface area contributed by atoms with Crippen LogP contribution in [0.15, 0.2) is 53.3 Å². The van der Waals surface area contributed by atoms with Gasteiger partial charge in [-0.3, -0.25) is 9.59 Å². The van der Waals surface area contributed by atoms with E-state index < -0.39 is 0 Å². The van der Waals surface area contributed by atoms with Gasteiger partial charge in [-0.1, -0.05) is 32.0 Å². The van der Waals surface area contributed by atoms with Crippen LogP contribution in [0.3, 0.4) is 0 Å². The van der Waals surface area contributed by atoms with E-state index in [1.54, 1.807) is 12.1 Å². The van der Waals surface area contributed by atoms with E-state index >= 15 is 0 Å². The molecule has 140 valence electrons. The summed E-state index contributed by atoms with van der Waals surface area (Å²) in [5, 5.41) is 3.77. The molecule has 0 saturated heterocycles. The van der Waals surface area contributed by atoms with Gasteiger partial charge in [0.15, 0.2) is 0 Å². The Labute approximate surface area is 157 Å². The largest absolute Gasteiger partial charge is 0.352 e. The minimum absolute atomic E-state index is 0.144. The van der Waals surface area contributed by atoms with Gasteiger partial charge in [-0.15, -0.1) is 0 Å². The monoisotopic (exact) mass is 366 g/mol. The highest BCUT2D eigenvalue weighted by Crippen LogP contribution is 2.20. The number of carbonyl (C=O) groups excluding carboxylic acids is 1. The van der Waals surface area contributed by atoms with Crippen molar-refractivity contribution in [2.24, 2.45) is 0 Å². The van der Waals surface area contributed by atoms with Crippen LogP contribution in [0, 0.1) is 5.82 Å². The van der Waals surface area contributed by atoms with Crippen molar-refractivity contribution in [1.29, 1.82) is 0 Å². The number of nitrogens with one attached hydrogen (secondary N) is 2. The molecule has 0 aliphatic carbocycles. The van der Waals surface area contributed by atoms with Crippen LogP contribution in [-0.4, -0.2) is 10.9 Å². The molecule has 5 heteroatoms. The Balaban J connectivity index is 1.64. The summed E-state index contributed by atoms with van der Waals surface area (Å²) in [5.41, 5.74) is 3.27. The molecule has 1 aromatic heterocycles. The second kappa shape index (κ2) is 8.16. The normalized spacial score (nSPS) is 11.1. The maximum atomic E-state index is 12.9. The van der Waals surface area contributed by atoms with E-state index in [1.165, 1.54) is 17.7 Å². The Hall–Kier alpha value is -2.95. The van der Waals surface area contributed by atoms with Crippen molar-refractivity contribution in [3.8, 4) is 0 Å². The maximum Gasteiger partial charge on any atom is 0.251 e. The summed E-state index contributed by atoms with van der Waals surface area (Å²) >= 11 is 0. The van der Waals surface area contributed by atoms with Gasteiger partial charge in [0, 0.05) is 24.0 Å². The molecular weight excluding hydrogens is 343 g/mol. The van der Waals surface area contributed by atoms with Crippen LogP contribution < -0.4 is 10.9 Å². The zero-order valence-electron chi connectivity index (χ0n) is 15.5. The first-order valence-electron chi connectivity index (χ1n) is 9.09. The average molecular weight is 366 g/mol. The average Bonchev–Trinajstić information content (AvgIpc) is 2.65. The number of fused-ring (bicyclic) bond motifs is 1.